The number of rotatable bonds is 5. The van der Waals surface area contributed by atoms with Crippen LogP contribution in [0.4, 0.5) is 0 Å². The lowest BCUT2D eigenvalue weighted by Gasteiger charge is -2.02. The van der Waals surface area contributed by atoms with Crippen molar-refractivity contribution >= 4 is 39.4 Å². The Bertz CT molecular complexity index is 381. The summed E-state index contributed by atoms with van der Waals surface area (Å²) in [4.78, 5) is 22.1. The molecule has 1 rings (SSSR count). The lowest BCUT2D eigenvalue weighted by atomic mass is 10.1. The summed E-state index contributed by atoms with van der Waals surface area (Å²) in [6, 6.07) is 7.21. The van der Waals surface area contributed by atoms with Crippen LogP contribution in [0, 0.1) is 0 Å². The number of nitrogens with two attached hydrogens (primary N) is 1. The van der Waals surface area contributed by atoms with Crippen molar-refractivity contribution in [1.82, 2.24) is 0 Å². The molecule has 1 aromatic rings. The fraction of sp³-hybridized carbons (Fsp3) is 0.200. The highest BCUT2D eigenvalue weighted by atomic mass is 79.9. The Morgan fingerprint density at radius 3 is 2.53 bits per heavy atom. The molecule has 0 spiro atoms. The van der Waals surface area contributed by atoms with Crippen LogP contribution in [0.3, 0.4) is 0 Å². The van der Waals surface area contributed by atoms with Crippen LogP contribution in [-0.2, 0) is 4.79 Å². The SMILES string of the molecule is NC(=O)CSCC(=O)c1ccccc1Br. The third-order valence-corrected chi connectivity index (χ3v) is 3.30. The van der Waals surface area contributed by atoms with Crippen LogP contribution in [-0.4, -0.2) is 23.2 Å². The summed E-state index contributed by atoms with van der Waals surface area (Å²) in [5.74, 6) is 0.0375. The second-order valence-electron chi connectivity index (χ2n) is 2.86. The van der Waals surface area contributed by atoms with E-state index in [2.05, 4.69) is 15.9 Å². The highest BCUT2D eigenvalue weighted by Gasteiger charge is 2.09. The third-order valence-electron chi connectivity index (χ3n) is 1.65. The van der Waals surface area contributed by atoms with Gasteiger partial charge in [-0.25, -0.2) is 0 Å². The molecule has 0 aliphatic carbocycles. The van der Waals surface area contributed by atoms with Crippen LogP contribution in [0.25, 0.3) is 0 Å². The molecule has 0 aliphatic heterocycles. The predicted octanol–water partition coefficient (Wildman–Crippen LogP) is 1.85. The summed E-state index contributed by atoms with van der Waals surface area (Å²) in [6.45, 7) is 0. The minimum Gasteiger partial charge on any atom is -0.369 e. The first kappa shape index (κ1) is 12.3. The van der Waals surface area contributed by atoms with Gasteiger partial charge >= 0.3 is 0 Å². The van der Waals surface area contributed by atoms with Crippen LogP contribution >= 0.6 is 27.7 Å². The number of thioether (sulfide) groups is 1. The van der Waals surface area contributed by atoms with Gasteiger partial charge in [0.15, 0.2) is 5.78 Å². The maximum absolute atomic E-state index is 11.6. The fourth-order valence-electron chi connectivity index (χ4n) is 1.01. The largest absolute Gasteiger partial charge is 0.369 e. The first-order valence-corrected chi connectivity index (χ1v) is 6.20. The Balaban J connectivity index is 2.54. The molecule has 0 aromatic heterocycles. The zero-order chi connectivity index (χ0) is 11.3. The molecule has 0 radical (unpaired) electrons. The molecular formula is C10H10BrNO2S. The van der Waals surface area contributed by atoms with E-state index in [-0.39, 0.29) is 17.3 Å². The first-order valence-electron chi connectivity index (χ1n) is 4.25. The molecule has 1 aromatic carbocycles. The number of halogens is 1. The average molecular weight is 288 g/mol. The van der Waals surface area contributed by atoms with Crippen molar-refractivity contribution in [2.45, 2.75) is 0 Å². The molecule has 1 amide bonds. The number of benzene rings is 1. The molecule has 0 fully saturated rings. The smallest absolute Gasteiger partial charge is 0.227 e. The van der Waals surface area contributed by atoms with E-state index in [0.717, 1.165) is 4.47 Å². The summed E-state index contributed by atoms with van der Waals surface area (Å²) in [7, 11) is 0. The van der Waals surface area contributed by atoms with Gasteiger partial charge in [0.25, 0.3) is 0 Å². The second-order valence-corrected chi connectivity index (χ2v) is 4.70. The molecule has 0 atom stereocenters. The van der Waals surface area contributed by atoms with Gasteiger partial charge in [-0.1, -0.05) is 34.1 Å². The van der Waals surface area contributed by atoms with Gasteiger partial charge in [0.05, 0.1) is 11.5 Å². The number of carbonyl (C=O) groups is 2. The van der Waals surface area contributed by atoms with Gasteiger partial charge in [0.2, 0.25) is 5.91 Å². The zero-order valence-corrected chi connectivity index (χ0v) is 10.3. The van der Waals surface area contributed by atoms with E-state index in [1.807, 2.05) is 12.1 Å². The maximum atomic E-state index is 11.6. The van der Waals surface area contributed by atoms with Gasteiger partial charge in [0, 0.05) is 10.0 Å². The quantitative estimate of drug-likeness (QED) is 0.841. The monoisotopic (exact) mass is 287 g/mol. The Kier molecular flexibility index (Phi) is 4.84. The highest BCUT2D eigenvalue weighted by molar-refractivity contribution is 9.10. The summed E-state index contributed by atoms with van der Waals surface area (Å²) >= 11 is 4.52. The standard InChI is InChI=1S/C10H10BrNO2S/c11-8-4-2-1-3-7(8)9(13)5-15-6-10(12)14/h1-4H,5-6H2,(H2,12,14). The van der Waals surface area contributed by atoms with E-state index >= 15 is 0 Å². The van der Waals surface area contributed by atoms with Crippen molar-refractivity contribution in [3.8, 4) is 0 Å². The van der Waals surface area contributed by atoms with Crippen LogP contribution < -0.4 is 5.73 Å². The van der Waals surface area contributed by atoms with E-state index in [1.165, 1.54) is 11.8 Å². The molecule has 0 unspecified atom stereocenters. The summed E-state index contributed by atoms with van der Waals surface area (Å²) < 4.78 is 0.773. The molecule has 15 heavy (non-hydrogen) atoms. The summed E-state index contributed by atoms with van der Waals surface area (Å²) in [5.41, 5.74) is 5.60. The maximum Gasteiger partial charge on any atom is 0.227 e. The van der Waals surface area contributed by atoms with Crippen LogP contribution in [0.5, 0.6) is 0 Å². The van der Waals surface area contributed by atoms with Crippen molar-refractivity contribution in [3.05, 3.63) is 34.3 Å². The van der Waals surface area contributed by atoms with Gasteiger partial charge in [-0.15, -0.1) is 11.8 Å². The number of ketones is 1. The molecule has 0 saturated carbocycles. The number of Topliss-reactive ketones (excluding diaryl/α,β-unsaturated/α-hetero) is 1. The summed E-state index contributed by atoms with van der Waals surface area (Å²) in [6.07, 6.45) is 0. The van der Waals surface area contributed by atoms with E-state index in [1.54, 1.807) is 12.1 Å². The zero-order valence-electron chi connectivity index (χ0n) is 7.90. The van der Waals surface area contributed by atoms with E-state index < -0.39 is 5.91 Å². The van der Waals surface area contributed by atoms with E-state index in [4.69, 9.17) is 5.73 Å². The van der Waals surface area contributed by atoms with Crippen molar-refractivity contribution in [2.24, 2.45) is 5.73 Å². The molecule has 0 heterocycles. The van der Waals surface area contributed by atoms with Gasteiger partial charge in [-0.05, 0) is 6.07 Å². The molecule has 0 bridgehead atoms. The Hall–Kier alpha value is -0.810. The first-order chi connectivity index (χ1) is 7.11. The molecular weight excluding hydrogens is 278 g/mol. The van der Waals surface area contributed by atoms with Crippen molar-refractivity contribution in [2.75, 3.05) is 11.5 Å². The number of amides is 1. The number of hydrogen-bond acceptors (Lipinski definition) is 3. The van der Waals surface area contributed by atoms with Gasteiger partial charge in [0.1, 0.15) is 0 Å². The van der Waals surface area contributed by atoms with E-state index in [0.29, 0.717) is 5.56 Å². The molecule has 0 aliphatic rings. The van der Waals surface area contributed by atoms with Crippen molar-refractivity contribution < 1.29 is 9.59 Å². The minimum absolute atomic E-state index is 0.00581. The van der Waals surface area contributed by atoms with Crippen LogP contribution in [0.2, 0.25) is 0 Å². The lowest BCUT2D eigenvalue weighted by Crippen LogP contribution is -2.15. The third kappa shape index (κ3) is 4.05. The fourth-order valence-corrected chi connectivity index (χ4v) is 2.16. The Morgan fingerprint density at radius 2 is 1.93 bits per heavy atom. The van der Waals surface area contributed by atoms with Crippen LogP contribution in [0.15, 0.2) is 28.7 Å². The lowest BCUT2D eigenvalue weighted by molar-refractivity contribution is -0.115. The highest BCUT2D eigenvalue weighted by Crippen LogP contribution is 2.17. The molecule has 2 N–H and O–H groups in total. The van der Waals surface area contributed by atoms with Crippen molar-refractivity contribution in [3.63, 3.8) is 0 Å². The molecule has 5 heteroatoms. The van der Waals surface area contributed by atoms with Crippen LogP contribution in [0.1, 0.15) is 10.4 Å². The van der Waals surface area contributed by atoms with Gasteiger partial charge < -0.3 is 5.73 Å². The predicted molar refractivity (Wildman–Crippen MR) is 65.0 cm³/mol. The van der Waals surface area contributed by atoms with Crippen molar-refractivity contribution in [1.29, 1.82) is 0 Å². The molecule has 3 nitrogen and oxygen atoms in total. The Labute approximate surface area is 101 Å². The van der Waals surface area contributed by atoms with Gasteiger partial charge in [-0.2, -0.15) is 0 Å². The molecule has 80 valence electrons. The average Bonchev–Trinajstić information content (AvgIpc) is 2.17. The normalized spacial score (nSPS) is 9.93. The topological polar surface area (TPSA) is 60.2 Å². The number of hydrogen-bond donors (Lipinski definition) is 1. The second kappa shape index (κ2) is 5.92. The van der Waals surface area contributed by atoms with Gasteiger partial charge in [-0.3, -0.25) is 9.59 Å². The van der Waals surface area contributed by atoms with E-state index in [9.17, 15) is 9.59 Å². The molecule has 0 saturated heterocycles. The number of primary amides is 1. The number of carbonyl (C=O) groups excluding carboxylic acids is 2. The minimum atomic E-state index is -0.403. The summed E-state index contributed by atoms with van der Waals surface area (Å²) in [5, 5.41) is 0. The Morgan fingerprint density at radius 1 is 1.27 bits per heavy atom.